The van der Waals surface area contributed by atoms with Crippen molar-refractivity contribution in [2.24, 2.45) is 10.9 Å². The average Bonchev–Trinajstić information content (AvgIpc) is 3.19. The van der Waals surface area contributed by atoms with Crippen molar-refractivity contribution >= 4 is 12.1 Å². The summed E-state index contributed by atoms with van der Waals surface area (Å²) >= 11 is 0. The van der Waals surface area contributed by atoms with Crippen molar-refractivity contribution in [1.82, 2.24) is 10.6 Å². The van der Waals surface area contributed by atoms with E-state index in [4.69, 9.17) is 0 Å². The highest BCUT2D eigenvalue weighted by atomic mass is 16.1. The first-order valence-electron chi connectivity index (χ1n) is 11.7. The number of nitrogens with one attached hydrogen (secondary N) is 2. The smallest absolute Gasteiger partial charge is 0.223 e. The van der Waals surface area contributed by atoms with E-state index in [1.807, 2.05) is 13.1 Å². The largest absolute Gasteiger partial charge is 0.354 e. The number of unbranched alkanes of at least 4 members (excludes halogenated alkanes) is 7. The van der Waals surface area contributed by atoms with Crippen molar-refractivity contribution < 1.29 is 4.79 Å². The van der Waals surface area contributed by atoms with E-state index in [1.165, 1.54) is 77.2 Å². The van der Waals surface area contributed by atoms with Crippen LogP contribution < -0.4 is 10.6 Å². The number of amides is 1. The number of hydrogen-bond donors (Lipinski definition) is 2. The summed E-state index contributed by atoms with van der Waals surface area (Å²) in [5, 5.41) is 6.46. The zero-order valence-electron chi connectivity index (χ0n) is 18.3. The van der Waals surface area contributed by atoms with E-state index in [0.717, 1.165) is 18.9 Å². The quantitative estimate of drug-likeness (QED) is 0.509. The molecule has 3 unspecified atom stereocenters. The van der Waals surface area contributed by atoms with Gasteiger partial charge in [-0.1, -0.05) is 72.1 Å². The van der Waals surface area contributed by atoms with Gasteiger partial charge in [-0.2, -0.15) is 0 Å². The molecule has 2 N–H and O–H groups in total. The third-order valence-corrected chi connectivity index (χ3v) is 5.77. The molecule has 1 saturated heterocycles. The molecule has 158 valence electrons. The summed E-state index contributed by atoms with van der Waals surface area (Å²) in [4.78, 5) is 15.6. The van der Waals surface area contributed by atoms with Gasteiger partial charge in [0.25, 0.3) is 0 Å². The van der Waals surface area contributed by atoms with Crippen LogP contribution in [0.1, 0.15) is 104 Å². The molecule has 1 fully saturated rings. The van der Waals surface area contributed by atoms with Gasteiger partial charge in [0.1, 0.15) is 0 Å². The Kier molecular flexibility index (Phi) is 14.4. The van der Waals surface area contributed by atoms with Gasteiger partial charge >= 0.3 is 0 Å². The first-order valence-corrected chi connectivity index (χ1v) is 11.7. The van der Waals surface area contributed by atoms with Crippen LogP contribution in [0.25, 0.3) is 0 Å². The molecular formula is C23H45N3O. The molecule has 0 radical (unpaired) electrons. The topological polar surface area (TPSA) is 53.5 Å². The maximum atomic E-state index is 11.3. The third kappa shape index (κ3) is 12.2. The molecule has 2 aliphatic rings. The monoisotopic (exact) mass is 379 g/mol. The molecule has 2 rings (SSSR count). The van der Waals surface area contributed by atoms with Gasteiger partial charge in [-0.25, -0.2) is 0 Å². The van der Waals surface area contributed by atoms with Crippen LogP contribution >= 0.6 is 0 Å². The van der Waals surface area contributed by atoms with E-state index < -0.39 is 0 Å². The Morgan fingerprint density at radius 2 is 1.78 bits per heavy atom. The molecular weight excluding hydrogens is 334 g/mol. The van der Waals surface area contributed by atoms with Crippen LogP contribution in [0.2, 0.25) is 0 Å². The van der Waals surface area contributed by atoms with Gasteiger partial charge in [0.15, 0.2) is 0 Å². The lowest BCUT2D eigenvalue weighted by Crippen LogP contribution is -2.36. The maximum absolute atomic E-state index is 11.3. The van der Waals surface area contributed by atoms with Crippen molar-refractivity contribution in [2.45, 2.75) is 116 Å². The van der Waals surface area contributed by atoms with Gasteiger partial charge in [-0.15, -0.1) is 0 Å². The molecule has 2 heterocycles. The Morgan fingerprint density at radius 1 is 1.07 bits per heavy atom. The Bertz CT molecular complexity index is 391. The molecule has 0 bridgehead atoms. The van der Waals surface area contributed by atoms with Crippen molar-refractivity contribution in [3.05, 3.63) is 0 Å². The zero-order chi connectivity index (χ0) is 19.7. The van der Waals surface area contributed by atoms with E-state index in [9.17, 15) is 4.79 Å². The second-order valence-electron chi connectivity index (χ2n) is 8.33. The van der Waals surface area contributed by atoms with Crippen molar-refractivity contribution in [3.63, 3.8) is 0 Å². The van der Waals surface area contributed by atoms with E-state index in [1.54, 1.807) is 0 Å². The molecule has 1 amide bonds. The number of rotatable bonds is 10. The summed E-state index contributed by atoms with van der Waals surface area (Å²) in [5.74, 6) is 0.228. The van der Waals surface area contributed by atoms with Crippen LogP contribution in [0.3, 0.4) is 0 Å². The molecule has 0 aromatic rings. The fourth-order valence-corrected chi connectivity index (χ4v) is 3.70. The van der Waals surface area contributed by atoms with Gasteiger partial charge in [-0.05, 0) is 44.9 Å². The van der Waals surface area contributed by atoms with Gasteiger partial charge in [-0.3, -0.25) is 9.79 Å². The molecule has 0 saturated carbocycles. The van der Waals surface area contributed by atoms with Crippen molar-refractivity contribution in [1.29, 1.82) is 0 Å². The minimum Gasteiger partial charge on any atom is -0.354 e. The average molecular weight is 380 g/mol. The van der Waals surface area contributed by atoms with Crippen molar-refractivity contribution in [2.75, 3.05) is 13.1 Å². The summed E-state index contributed by atoms with van der Waals surface area (Å²) in [6.07, 6.45) is 19.5. The van der Waals surface area contributed by atoms with E-state index in [-0.39, 0.29) is 17.9 Å². The maximum Gasteiger partial charge on any atom is 0.223 e. The minimum absolute atomic E-state index is 0.0755. The van der Waals surface area contributed by atoms with Crippen LogP contribution in [0.4, 0.5) is 0 Å². The Hall–Kier alpha value is -0.900. The van der Waals surface area contributed by atoms with Crippen LogP contribution in [0.15, 0.2) is 4.99 Å². The first-order chi connectivity index (χ1) is 13.2. The van der Waals surface area contributed by atoms with Crippen LogP contribution in [-0.2, 0) is 4.79 Å². The van der Waals surface area contributed by atoms with E-state index >= 15 is 0 Å². The lowest BCUT2D eigenvalue weighted by Gasteiger charge is -2.17. The van der Waals surface area contributed by atoms with Gasteiger partial charge < -0.3 is 10.6 Å². The molecule has 4 heteroatoms. The van der Waals surface area contributed by atoms with E-state index in [0.29, 0.717) is 6.54 Å². The van der Waals surface area contributed by atoms with Gasteiger partial charge in [0.05, 0.1) is 6.04 Å². The van der Waals surface area contributed by atoms with Gasteiger partial charge in [0.2, 0.25) is 5.91 Å². The fraction of sp³-hybridized carbons (Fsp3) is 0.913. The van der Waals surface area contributed by atoms with Crippen LogP contribution in [0, 0.1) is 5.92 Å². The van der Waals surface area contributed by atoms with Crippen LogP contribution in [0.5, 0.6) is 0 Å². The minimum atomic E-state index is 0.0755. The molecule has 0 aromatic carbocycles. The van der Waals surface area contributed by atoms with E-state index in [2.05, 4.69) is 29.5 Å². The lowest BCUT2D eigenvalue weighted by atomic mass is 10.0. The zero-order valence-corrected chi connectivity index (χ0v) is 18.3. The Balaban J connectivity index is 0.000000277. The highest BCUT2D eigenvalue weighted by Gasteiger charge is 2.15. The molecule has 0 spiro atoms. The molecule has 0 aromatic heterocycles. The predicted molar refractivity (Wildman–Crippen MR) is 118 cm³/mol. The highest BCUT2D eigenvalue weighted by molar-refractivity contribution is 5.81. The summed E-state index contributed by atoms with van der Waals surface area (Å²) in [6, 6.07) is 1.14. The van der Waals surface area contributed by atoms with Gasteiger partial charge in [0, 0.05) is 18.5 Å². The molecule has 4 nitrogen and oxygen atoms in total. The molecule has 2 aliphatic heterocycles. The second kappa shape index (κ2) is 16.1. The number of aliphatic imine (C=N–C) groups is 1. The number of nitrogens with zero attached hydrogens (tertiary/aromatic N) is 1. The SMILES string of the molecule is CCC1CNC(=O)C(C)CC=N1.CCCCCCCCCCC1CCCN1. The molecule has 0 aliphatic carbocycles. The lowest BCUT2D eigenvalue weighted by molar-refractivity contribution is -0.124. The first kappa shape index (κ1) is 24.1. The fourth-order valence-electron chi connectivity index (χ4n) is 3.70. The Labute approximate surface area is 168 Å². The predicted octanol–water partition coefficient (Wildman–Crippen LogP) is 5.26. The van der Waals surface area contributed by atoms with Crippen LogP contribution in [-0.4, -0.2) is 37.3 Å². The Morgan fingerprint density at radius 3 is 2.41 bits per heavy atom. The summed E-state index contributed by atoms with van der Waals surface area (Å²) < 4.78 is 0. The number of carbonyl (C=O) groups excluding carboxylic acids is 1. The normalized spacial score (nSPS) is 25.3. The molecule has 3 atom stereocenters. The second-order valence-corrected chi connectivity index (χ2v) is 8.33. The van der Waals surface area contributed by atoms with Crippen molar-refractivity contribution in [3.8, 4) is 0 Å². The highest BCUT2D eigenvalue weighted by Crippen LogP contribution is 2.14. The summed E-state index contributed by atoms with van der Waals surface area (Å²) in [5.41, 5.74) is 0. The summed E-state index contributed by atoms with van der Waals surface area (Å²) in [7, 11) is 0. The summed E-state index contributed by atoms with van der Waals surface area (Å²) in [6.45, 7) is 8.25. The standard InChI is InChI=1S/C14H29N.C9H16N2O/c1-2-3-4-5-6-7-8-9-11-14-12-10-13-15-14;1-3-8-6-11-9(12)7(2)4-5-10-8/h14-15H,2-13H2,1H3;5,7-8H,3-4,6H2,1-2H3,(H,11,12). The molecule has 27 heavy (non-hydrogen) atoms. The third-order valence-electron chi connectivity index (χ3n) is 5.77. The number of carbonyl (C=O) groups is 1. The number of hydrogen-bond acceptors (Lipinski definition) is 3.